The van der Waals surface area contributed by atoms with Crippen molar-refractivity contribution in [2.45, 2.75) is 31.4 Å². The van der Waals surface area contributed by atoms with Gasteiger partial charge in [0.15, 0.2) is 0 Å². The predicted octanol–water partition coefficient (Wildman–Crippen LogP) is 2.00. The van der Waals surface area contributed by atoms with Gasteiger partial charge in [0.25, 0.3) is 0 Å². The van der Waals surface area contributed by atoms with Crippen molar-refractivity contribution < 1.29 is 4.74 Å². The number of anilines is 1. The molecule has 0 bridgehead atoms. The van der Waals surface area contributed by atoms with Crippen LogP contribution < -0.4 is 15.4 Å². The number of fused-ring (bicyclic) bond motifs is 1. The zero-order valence-corrected chi connectivity index (χ0v) is 9.62. The highest BCUT2D eigenvalue weighted by Gasteiger charge is 2.37. The summed E-state index contributed by atoms with van der Waals surface area (Å²) >= 11 is 0. The number of hydrogen-bond acceptors (Lipinski definition) is 3. The summed E-state index contributed by atoms with van der Waals surface area (Å²) in [6, 6.07) is 8.12. The fourth-order valence-corrected chi connectivity index (χ4v) is 2.00. The van der Waals surface area contributed by atoms with Crippen LogP contribution in [0.2, 0.25) is 0 Å². The van der Waals surface area contributed by atoms with Crippen LogP contribution in [0.4, 0.5) is 5.69 Å². The van der Waals surface area contributed by atoms with E-state index in [1.807, 2.05) is 18.2 Å². The Kier molecular flexibility index (Phi) is 2.28. The van der Waals surface area contributed by atoms with Crippen LogP contribution in [0.25, 0.3) is 0 Å². The molecule has 2 N–H and O–H groups in total. The molecular weight excluding hydrogens is 200 g/mol. The van der Waals surface area contributed by atoms with E-state index in [-0.39, 0.29) is 6.10 Å². The lowest BCUT2D eigenvalue weighted by atomic mass is 10.2. The smallest absolute Gasteiger partial charge is 0.142 e. The van der Waals surface area contributed by atoms with Crippen LogP contribution in [-0.4, -0.2) is 24.7 Å². The number of nitrogens with one attached hydrogen (secondary N) is 2. The Hall–Kier alpha value is -1.22. The minimum absolute atomic E-state index is 0.243. The molecule has 0 radical (unpaired) electrons. The van der Waals surface area contributed by atoms with Gasteiger partial charge in [-0.2, -0.15) is 0 Å². The number of benzene rings is 1. The first-order valence-electron chi connectivity index (χ1n) is 6.00. The molecule has 0 spiro atoms. The van der Waals surface area contributed by atoms with E-state index in [2.05, 4.69) is 23.6 Å². The Labute approximate surface area is 96.2 Å². The second-order valence-electron chi connectivity index (χ2n) is 5.06. The fourth-order valence-electron chi connectivity index (χ4n) is 2.00. The molecule has 1 aromatic rings. The van der Waals surface area contributed by atoms with Crippen molar-refractivity contribution in [1.29, 1.82) is 0 Å². The summed E-state index contributed by atoms with van der Waals surface area (Å²) in [5.74, 6) is 0.974. The highest BCUT2D eigenvalue weighted by Crippen LogP contribution is 2.34. The summed E-state index contributed by atoms with van der Waals surface area (Å²) in [7, 11) is 0. The van der Waals surface area contributed by atoms with Crippen LogP contribution in [-0.2, 0) is 0 Å². The van der Waals surface area contributed by atoms with Crippen LogP contribution in [0.1, 0.15) is 19.8 Å². The van der Waals surface area contributed by atoms with Gasteiger partial charge in [0.1, 0.15) is 11.9 Å². The van der Waals surface area contributed by atoms with E-state index >= 15 is 0 Å². The maximum Gasteiger partial charge on any atom is 0.142 e. The molecule has 0 amide bonds. The Morgan fingerprint density at radius 3 is 3.06 bits per heavy atom. The number of para-hydroxylation sites is 2. The van der Waals surface area contributed by atoms with Crippen LogP contribution in [0.5, 0.6) is 5.75 Å². The molecule has 1 heterocycles. The molecule has 1 aromatic carbocycles. The Bertz CT molecular complexity index is 387. The summed E-state index contributed by atoms with van der Waals surface area (Å²) in [5.41, 5.74) is 1.50. The van der Waals surface area contributed by atoms with Crippen LogP contribution in [0, 0.1) is 0 Å². The molecule has 1 fully saturated rings. The largest absolute Gasteiger partial charge is 0.485 e. The molecule has 1 unspecified atom stereocenters. The van der Waals surface area contributed by atoms with Crippen molar-refractivity contribution in [3.63, 3.8) is 0 Å². The van der Waals surface area contributed by atoms with E-state index in [9.17, 15) is 0 Å². The van der Waals surface area contributed by atoms with Crippen molar-refractivity contribution in [2.75, 3.05) is 18.4 Å². The summed E-state index contributed by atoms with van der Waals surface area (Å²) < 4.78 is 5.93. The first-order chi connectivity index (χ1) is 7.75. The second-order valence-corrected chi connectivity index (χ2v) is 5.06. The average Bonchev–Trinajstić information content (AvgIpc) is 3.05. The molecule has 16 heavy (non-hydrogen) atoms. The fraction of sp³-hybridized carbons (Fsp3) is 0.538. The van der Waals surface area contributed by atoms with Gasteiger partial charge in [-0.15, -0.1) is 0 Å². The molecule has 3 heteroatoms. The topological polar surface area (TPSA) is 33.3 Å². The molecule has 1 aliphatic carbocycles. The Morgan fingerprint density at radius 2 is 2.25 bits per heavy atom. The summed E-state index contributed by atoms with van der Waals surface area (Å²) in [6.45, 7) is 4.09. The summed E-state index contributed by atoms with van der Waals surface area (Å²) in [5, 5.41) is 6.97. The monoisotopic (exact) mass is 218 g/mol. The van der Waals surface area contributed by atoms with Gasteiger partial charge in [-0.25, -0.2) is 0 Å². The lowest BCUT2D eigenvalue weighted by molar-refractivity contribution is 0.196. The van der Waals surface area contributed by atoms with E-state index < -0.39 is 0 Å². The minimum Gasteiger partial charge on any atom is -0.485 e. The quantitative estimate of drug-likeness (QED) is 0.814. The maximum absolute atomic E-state index is 5.93. The molecule has 3 nitrogen and oxygen atoms in total. The van der Waals surface area contributed by atoms with Crippen molar-refractivity contribution in [3.8, 4) is 5.75 Å². The van der Waals surface area contributed by atoms with Gasteiger partial charge in [-0.1, -0.05) is 12.1 Å². The van der Waals surface area contributed by atoms with Gasteiger partial charge in [0.2, 0.25) is 0 Å². The lowest BCUT2D eigenvalue weighted by Gasteiger charge is -2.28. The molecule has 2 aliphatic rings. The number of hydrogen-bond donors (Lipinski definition) is 2. The molecule has 1 saturated carbocycles. The van der Waals surface area contributed by atoms with E-state index in [0.29, 0.717) is 5.54 Å². The van der Waals surface area contributed by atoms with Crippen LogP contribution in [0.3, 0.4) is 0 Å². The minimum atomic E-state index is 0.243. The van der Waals surface area contributed by atoms with Crippen molar-refractivity contribution >= 4 is 5.69 Å². The van der Waals surface area contributed by atoms with Crippen molar-refractivity contribution in [2.24, 2.45) is 0 Å². The molecule has 0 aromatic heterocycles. The third-order valence-electron chi connectivity index (χ3n) is 3.46. The van der Waals surface area contributed by atoms with Gasteiger partial charge >= 0.3 is 0 Å². The van der Waals surface area contributed by atoms with Gasteiger partial charge in [-0.3, -0.25) is 0 Å². The molecule has 86 valence electrons. The third-order valence-corrected chi connectivity index (χ3v) is 3.46. The SMILES string of the molecule is CC1(NCC2CNc3ccccc3O2)CC1. The van der Waals surface area contributed by atoms with Crippen LogP contribution in [0.15, 0.2) is 24.3 Å². The first kappa shape index (κ1) is 9.97. The van der Waals surface area contributed by atoms with E-state index in [4.69, 9.17) is 4.74 Å². The highest BCUT2D eigenvalue weighted by atomic mass is 16.5. The van der Waals surface area contributed by atoms with Crippen molar-refractivity contribution in [1.82, 2.24) is 5.32 Å². The second kappa shape index (κ2) is 3.67. The standard InChI is InChI=1S/C13H18N2O/c1-13(6-7-13)15-9-10-8-14-11-4-2-3-5-12(11)16-10/h2-5,10,14-15H,6-9H2,1H3. The molecular formula is C13H18N2O. The number of rotatable bonds is 3. The zero-order valence-electron chi connectivity index (χ0n) is 9.62. The van der Waals surface area contributed by atoms with E-state index in [0.717, 1.165) is 24.5 Å². The summed E-state index contributed by atoms with van der Waals surface area (Å²) in [4.78, 5) is 0. The summed E-state index contributed by atoms with van der Waals surface area (Å²) in [6.07, 6.45) is 2.83. The molecule has 0 saturated heterocycles. The zero-order chi connectivity index (χ0) is 11.0. The normalized spacial score (nSPS) is 25.2. The molecule has 3 rings (SSSR count). The van der Waals surface area contributed by atoms with E-state index in [1.54, 1.807) is 0 Å². The predicted molar refractivity (Wildman–Crippen MR) is 65.0 cm³/mol. The van der Waals surface area contributed by atoms with Crippen molar-refractivity contribution in [3.05, 3.63) is 24.3 Å². The Morgan fingerprint density at radius 1 is 1.44 bits per heavy atom. The van der Waals surface area contributed by atoms with E-state index in [1.165, 1.54) is 12.8 Å². The first-order valence-corrected chi connectivity index (χ1v) is 6.00. The average molecular weight is 218 g/mol. The van der Waals surface area contributed by atoms with Gasteiger partial charge < -0.3 is 15.4 Å². The molecule has 1 atom stereocenters. The van der Waals surface area contributed by atoms with Gasteiger partial charge in [0, 0.05) is 12.1 Å². The Balaban J connectivity index is 1.60. The lowest BCUT2D eigenvalue weighted by Crippen LogP contribution is -2.43. The van der Waals surface area contributed by atoms with Gasteiger partial charge in [0.05, 0.1) is 12.2 Å². The van der Waals surface area contributed by atoms with Crippen LogP contribution >= 0.6 is 0 Å². The number of ether oxygens (including phenoxy) is 1. The molecule has 1 aliphatic heterocycles. The maximum atomic E-state index is 5.93. The highest BCUT2D eigenvalue weighted by molar-refractivity contribution is 5.57. The third kappa shape index (κ3) is 2.00. The van der Waals surface area contributed by atoms with Gasteiger partial charge in [-0.05, 0) is 31.9 Å².